The summed E-state index contributed by atoms with van der Waals surface area (Å²) in [5.41, 5.74) is 0.168. The van der Waals surface area contributed by atoms with E-state index in [4.69, 9.17) is 23.2 Å². The molecule has 0 aliphatic heterocycles. The largest absolute Gasteiger partial charge is 0.369 e. The highest BCUT2D eigenvalue weighted by atomic mass is 35.5. The van der Waals surface area contributed by atoms with Crippen LogP contribution in [0.15, 0.2) is 17.1 Å². The minimum Gasteiger partial charge on any atom is -0.369 e. The lowest BCUT2D eigenvalue weighted by Crippen LogP contribution is -2.07. The molecule has 0 amide bonds. The topological polar surface area (TPSA) is 58.7 Å². The van der Waals surface area contributed by atoms with Crippen LogP contribution < -0.4 is 0 Å². The lowest BCUT2D eigenvalue weighted by Gasteiger charge is -2.05. The zero-order valence-electron chi connectivity index (χ0n) is 8.65. The van der Waals surface area contributed by atoms with E-state index in [1.165, 1.54) is 18.5 Å². The summed E-state index contributed by atoms with van der Waals surface area (Å²) in [6, 6.07) is 2.44. The highest BCUT2D eigenvalue weighted by molar-refractivity contribution is 6.39. The van der Waals surface area contributed by atoms with Gasteiger partial charge in [-0.05, 0) is 0 Å². The Morgan fingerprint density at radius 3 is 2.25 bits per heavy atom. The minimum atomic E-state index is -0.558. The van der Waals surface area contributed by atoms with Gasteiger partial charge in [-0.25, -0.2) is 4.99 Å². The standard InChI is InChI=1S/C9H9Cl2N3O2/c1-13(2)5-12-9-7(10)3-6(14(15)16)4-8(9)11/h3-5H,1-2H3. The number of hydrogen-bond acceptors (Lipinski definition) is 3. The first-order chi connectivity index (χ1) is 7.41. The van der Waals surface area contributed by atoms with Gasteiger partial charge in [0.05, 0.1) is 21.3 Å². The number of aliphatic imine (C=N–C) groups is 1. The van der Waals surface area contributed by atoms with Gasteiger partial charge in [0.15, 0.2) is 0 Å². The molecule has 86 valence electrons. The molecule has 0 N–H and O–H groups in total. The lowest BCUT2D eigenvalue weighted by molar-refractivity contribution is -0.384. The zero-order chi connectivity index (χ0) is 12.3. The molecule has 0 fully saturated rings. The number of nitro benzene ring substituents is 1. The fraction of sp³-hybridized carbons (Fsp3) is 0.222. The Bertz CT molecular complexity index is 423. The van der Waals surface area contributed by atoms with Gasteiger partial charge in [-0.2, -0.15) is 0 Å². The molecule has 0 aromatic heterocycles. The van der Waals surface area contributed by atoms with Crippen LogP contribution in [0.4, 0.5) is 11.4 Å². The van der Waals surface area contributed by atoms with Crippen molar-refractivity contribution in [2.24, 2.45) is 4.99 Å². The Hall–Kier alpha value is -1.33. The van der Waals surface area contributed by atoms with E-state index in [0.29, 0.717) is 5.69 Å². The molecular formula is C9H9Cl2N3O2. The second-order valence-corrected chi connectivity index (χ2v) is 4.04. The van der Waals surface area contributed by atoms with Crippen molar-refractivity contribution < 1.29 is 4.92 Å². The molecule has 0 saturated carbocycles. The molecule has 7 heteroatoms. The number of benzene rings is 1. The SMILES string of the molecule is CN(C)C=Nc1c(Cl)cc([N+](=O)[O-])cc1Cl. The Balaban J connectivity index is 3.18. The van der Waals surface area contributed by atoms with Gasteiger partial charge >= 0.3 is 0 Å². The van der Waals surface area contributed by atoms with Crippen LogP contribution in [0.25, 0.3) is 0 Å². The molecule has 0 saturated heterocycles. The number of non-ortho nitro benzene ring substituents is 1. The van der Waals surface area contributed by atoms with Gasteiger partial charge in [0.1, 0.15) is 5.69 Å². The first-order valence-electron chi connectivity index (χ1n) is 4.26. The van der Waals surface area contributed by atoms with Gasteiger partial charge in [0, 0.05) is 26.2 Å². The lowest BCUT2D eigenvalue weighted by atomic mass is 10.3. The van der Waals surface area contributed by atoms with Crippen LogP contribution >= 0.6 is 23.2 Å². The summed E-state index contributed by atoms with van der Waals surface area (Å²) in [6.45, 7) is 0. The first kappa shape index (κ1) is 12.7. The zero-order valence-corrected chi connectivity index (χ0v) is 10.2. The molecule has 0 atom stereocenters. The summed E-state index contributed by atoms with van der Waals surface area (Å²) in [6.07, 6.45) is 1.51. The number of halogens is 2. The van der Waals surface area contributed by atoms with E-state index in [1.807, 2.05) is 0 Å². The maximum absolute atomic E-state index is 10.5. The number of hydrogen-bond donors (Lipinski definition) is 0. The molecule has 16 heavy (non-hydrogen) atoms. The second kappa shape index (κ2) is 5.14. The van der Waals surface area contributed by atoms with E-state index in [-0.39, 0.29) is 15.7 Å². The van der Waals surface area contributed by atoms with E-state index in [0.717, 1.165) is 0 Å². The van der Waals surface area contributed by atoms with Gasteiger partial charge in [0.25, 0.3) is 5.69 Å². The normalized spacial score (nSPS) is 10.8. The van der Waals surface area contributed by atoms with Crippen LogP contribution in [0, 0.1) is 10.1 Å². The van der Waals surface area contributed by atoms with Crippen LogP contribution in [0.1, 0.15) is 0 Å². The Morgan fingerprint density at radius 1 is 1.38 bits per heavy atom. The Kier molecular flexibility index (Phi) is 4.09. The van der Waals surface area contributed by atoms with E-state index < -0.39 is 4.92 Å². The van der Waals surface area contributed by atoms with Crippen LogP contribution in [0.5, 0.6) is 0 Å². The fourth-order valence-corrected chi connectivity index (χ4v) is 1.53. The van der Waals surface area contributed by atoms with E-state index >= 15 is 0 Å². The summed E-state index contributed by atoms with van der Waals surface area (Å²) in [7, 11) is 3.58. The van der Waals surface area contributed by atoms with Gasteiger partial charge in [-0.3, -0.25) is 10.1 Å². The molecule has 1 aromatic rings. The van der Waals surface area contributed by atoms with Gasteiger partial charge < -0.3 is 4.90 Å². The Labute approximate surface area is 102 Å². The summed E-state index contributed by atoms with van der Waals surface area (Å²) < 4.78 is 0. The van der Waals surface area contributed by atoms with Crippen molar-refractivity contribution in [2.45, 2.75) is 0 Å². The number of nitrogens with zero attached hydrogens (tertiary/aromatic N) is 3. The third kappa shape index (κ3) is 3.08. The van der Waals surface area contributed by atoms with Gasteiger partial charge in [-0.15, -0.1) is 0 Å². The number of rotatable bonds is 3. The van der Waals surface area contributed by atoms with E-state index in [9.17, 15) is 10.1 Å². The fourth-order valence-electron chi connectivity index (χ4n) is 0.954. The predicted molar refractivity (Wildman–Crippen MR) is 65.0 cm³/mol. The summed E-state index contributed by atoms with van der Waals surface area (Å²) >= 11 is 11.7. The second-order valence-electron chi connectivity index (χ2n) is 3.22. The highest BCUT2D eigenvalue weighted by Gasteiger charge is 2.13. The van der Waals surface area contributed by atoms with Gasteiger partial charge in [0.2, 0.25) is 0 Å². The van der Waals surface area contributed by atoms with Crippen molar-refractivity contribution in [1.29, 1.82) is 0 Å². The Morgan fingerprint density at radius 2 is 1.88 bits per heavy atom. The smallest absolute Gasteiger partial charge is 0.272 e. The van der Waals surface area contributed by atoms with Crippen LogP contribution in [-0.4, -0.2) is 30.3 Å². The average Bonchev–Trinajstić information content (AvgIpc) is 2.15. The molecule has 1 rings (SSSR count). The van der Waals surface area contributed by atoms with Crippen molar-refractivity contribution in [1.82, 2.24) is 4.90 Å². The molecule has 0 aliphatic carbocycles. The quantitative estimate of drug-likeness (QED) is 0.364. The molecule has 0 spiro atoms. The molecule has 0 aliphatic rings. The average molecular weight is 262 g/mol. The monoisotopic (exact) mass is 261 g/mol. The molecule has 0 heterocycles. The molecular weight excluding hydrogens is 253 g/mol. The maximum Gasteiger partial charge on any atom is 0.272 e. The van der Waals surface area contributed by atoms with E-state index in [1.54, 1.807) is 19.0 Å². The van der Waals surface area contributed by atoms with Crippen LogP contribution in [-0.2, 0) is 0 Å². The van der Waals surface area contributed by atoms with E-state index in [2.05, 4.69) is 4.99 Å². The molecule has 0 unspecified atom stereocenters. The number of nitro groups is 1. The predicted octanol–water partition coefficient (Wildman–Crippen LogP) is 3.12. The summed E-state index contributed by atoms with van der Waals surface area (Å²) in [5, 5.41) is 10.8. The van der Waals surface area contributed by atoms with Crippen LogP contribution in [0.3, 0.4) is 0 Å². The van der Waals surface area contributed by atoms with Gasteiger partial charge in [-0.1, -0.05) is 23.2 Å². The van der Waals surface area contributed by atoms with Crippen molar-refractivity contribution >= 4 is 40.9 Å². The van der Waals surface area contributed by atoms with Crippen molar-refractivity contribution in [3.8, 4) is 0 Å². The van der Waals surface area contributed by atoms with Crippen molar-refractivity contribution in [3.63, 3.8) is 0 Å². The van der Waals surface area contributed by atoms with Crippen molar-refractivity contribution in [2.75, 3.05) is 14.1 Å². The van der Waals surface area contributed by atoms with Crippen LogP contribution in [0.2, 0.25) is 10.0 Å². The molecule has 5 nitrogen and oxygen atoms in total. The summed E-state index contributed by atoms with van der Waals surface area (Å²) in [4.78, 5) is 15.7. The summed E-state index contributed by atoms with van der Waals surface area (Å²) in [5.74, 6) is 0. The maximum atomic E-state index is 10.5. The third-order valence-corrected chi connectivity index (χ3v) is 2.21. The molecule has 1 aromatic carbocycles. The molecule has 0 radical (unpaired) electrons. The minimum absolute atomic E-state index is 0.150. The first-order valence-corrected chi connectivity index (χ1v) is 5.01. The molecule has 0 bridgehead atoms. The third-order valence-electron chi connectivity index (χ3n) is 1.63. The highest BCUT2D eigenvalue weighted by Crippen LogP contribution is 2.36. The van der Waals surface area contributed by atoms with Crippen molar-refractivity contribution in [3.05, 3.63) is 32.3 Å².